The van der Waals surface area contributed by atoms with E-state index in [2.05, 4.69) is 16.0 Å². The second kappa shape index (κ2) is 7.38. The molecular formula is C18H24N4O3. The maximum absolute atomic E-state index is 13.2. The van der Waals surface area contributed by atoms with Crippen LogP contribution in [0.5, 0.6) is 0 Å². The first-order chi connectivity index (χ1) is 12.1. The number of pyridine rings is 1. The van der Waals surface area contributed by atoms with Gasteiger partial charge in [0.15, 0.2) is 0 Å². The van der Waals surface area contributed by atoms with Crippen molar-refractivity contribution < 1.29 is 14.6 Å². The van der Waals surface area contributed by atoms with Gasteiger partial charge in [0.1, 0.15) is 11.9 Å². The number of aliphatic hydroxyl groups excluding tert-OH is 1. The summed E-state index contributed by atoms with van der Waals surface area (Å²) in [7, 11) is 1.81. The van der Waals surface area contributed by atoms with Crippen molar-refractivity contribution in [3.05, 3.63) is 23.9 Å². The van der Waals surface area contributed by atoms with E-state index in [1.54, 1.807) is 17.2 Å². The molecule has 3 heterocycles. The number of amides is 1. The normalized spacial score (nSPS) is 25.3. The summed E-state index contributed by atoms with van der Waals surface area (Å²) in [5.41, 5.74) is 0.0659. The topological polar surface area (TPSA) is 89.7 Å². The first-order valence-corrected chi connectivity index (χ1v) is 8.66. The number of carbonyl (C=O) groups excluding carboxylic acids is 1. The third-order valence-corrected chi connectivity index (χ3v) is 5.33. The lowest BCUT2D eigenvalue weighted by Gasteiger charge is -2.39. The molecule has 0 aliphatic carbocycles. The van der Waals surface area contributed by atoms with Crippen molar-refractivity contribution in [2.24, 2.45) is 11.3 Å². The Kier molecular flexibility index (Phi) is 5.21. The van der Waals surface area contributed by atoms with E-state index in [0.29, 0.717) is 44.7 Å². The molecule has 0 aromatic carbocycles. The number of aromatic nitrogens is 1. The molecule has 1 amide bonds. The number of ether oxygens (including phenoxy) is 1. The van der Waals surface area contributed by atoms with Crippen molar-refractivity contribution in [3.63, 3.8) is 0 Å². The summed E-state index contributed by atoms with van der Waals surface area (Å²) in [6, 6.07) is 5.66. The molecule has 2 atom stereocenters. The molecular weight excluding hydrogens is 320 g/mol. The van der Waals surface area contributed by atoms with Gasteiger partial charge in [0.25, 0.3) is 0 Å². The molecule has 7 nitrogen and oxygen atoms in total. The fourth-order valence-electron chi connectivity index (χ4n) is 3.90. The number of aliphatic hydroxyl groups is 1. The lowest BCUT2D eigenvalue weighted by atomic mass is 9.73. The van der Waals surface area contributed by atoms with E-state index in [1.807, 2.05) is 13.1 Å². The van der Waals surface area contributed by atoms with E-state index in [4.69, 9.17) is 15.1 Å². The Morgan fingerprint density at radius 1 is 1.60 bits per heavy atom. The first kappa shape index (κ1) is 17.6. The molecule has 2 saturated heterocycles. The average Bonchev–Trinajstić information content (AvgIpc) is 3.06. The molecule has 1 aromatic heterocycles. The van der Waals surface area contributed by atoms with E-state index in [0.717, 1.165) is 12.4 Å². The van der Waals surface area contributed by atoms with Crippen LogP contribution in [0.1, 0.15) is 18.4 Å². The zero-order valence-electron chi connectivity index (χ0n) is 14.5. The monoisotopic (exact) mass is 344 g/mol. The first-order valence-electron chi connectivity index (χ1n) is 8.66. The third kappa shape index (κ3) is 3.32. The summed E-state index contributed by atoms with van der Waals surface area (Å²) >= 11 is 0. The zero-order valence-corrected chi connectivity index (χ0v) is 14.5. The summed E-state index contributed by atoms with van der Waals surface area (Å²) in [6.45, 7) is 3.13. The van der Waals surface area contributed by atoms with Crippen LogP contribution >= 0.6 is 0 Å². The maximum atomic E-state index is 13.2. The highest BCUT2D eigenvalue weighted by Gasteiger charge is 2.54. The number of rotatable bonds is 5. The van der Waals surface area contributed by atoms with Crippen molar-refractivity contribution in [3.8, 4) is 6.07 Å². The Morgan fingerprint density at radius 3 is 3.12 bits per heavy atom. The molecule has 7 heteroatoms. The summed E-state index contributed by atoms with van der Waals surface area (Å²) in [6.07, 6.45) is 2.85. The van der Waals surface area contributed by atoms with Crippen LogP contribution in [0.15, 0.2) is 18.3 Å². The Morgan fingerprint density at radius 2 is 2.44 bits per heavy atom. The van der Waals surface area contributed by atoms with E-state index in [1.165, 1.54) is 0 Å². The number of nitriles is 1. The number of hydrogen-bond acceptors (Lipinski definition) is 6. The van der Waals surface area contributed by atoms with E-state index < -0.39 is 5.41 Å². The van der Waals surface area contributed by atoms with Gasteiger partial charge in [0, 0.05) is 52.0 Å². The molecule has 134 valence electrons. The maximum Gasteiger partial charge on any atom is 0.230 e. The molecule has 2 aliphatic heterocycles. The molecule has 2 fully saturated rings. The SMILES string of the molecule is CN(CCCO)C(=O)C12CCOCC1CN(c1ccc(C#N)cn1)C2. The van der Waals surface area contributed by atoms with Gasteiger partial charge >= 0.3 is 0 Å². The minimum Gasteiger partial charge on any atom is -0.396 e. The van der Waals surface area contributed by atoms with Crippen LogP contribution in [0.3, 0.4) is 0 Å². The van der Waals surface area contributed by atoms with Crippen LogP contribution < -0.4 is 4.90 Å². The highest BCUT2D eigenvalue weighted by atomic mass is 16.5. The molecule has 0 saturated carbocycles. The van der Waals surface area contributed by atoms with Gasteiger partial charge < -0.3 is 19.6 Å². The molecule has 25 heavy (non-hydrogen) atoms. The van der Waals surface area contributed by atoms with Crippen LogP contribution in [0.2, 0.25) is 0 Å². The van der Waals surface area contributed by atoms with Gasteiger partial charge in [-0.2, -0.15) is 5.26 Å². The van der Waals surface area contributed by atoms with Gasteiger partial charge in [-0.25, -0.2) is 4.98 Å². The number of anilines is 1. The molecule has 2 unspecified atom stereocenters. The predicted octanol–water partition coefficient (Wildman–Crippen LogP) is 0.637. The quantitative estimate of drug-likeness (QED) is 0.843. The molecule has 3 rings (SSSR count). The predicted molar refractivity (Wildman–Crippen MR) is 91.9 cm³/mol. The van der Waals surface area contributed by atoms with Crippen LogP contribution in [0, 0.1) is 22.7 Å². The molecule has 0 spiro atoms. The van der Waals surface area contributed by atoms with Gasteiger partial charge in [-0.15, -0.1) is 0 Å². The fourth-order valence-corrected chi connectivity index (χ4v) is 3.90. The van der Waals surface area contributed by atoms with E-state index in [-0.39, 0.29) is 18.4 Å². The molecule has 1 N–H and O–H groups in total. The Labute approximate surface area is 147 Å². The summed E-state index contributed by atoms with van der Waals surface area (Å²) in [4.78, 5) is 21.4. The Hall–Kier alpha value is -2.17. The minimum atomic E-state index is -0.460. The van der Waals surface area contributed by atoms with Gasteiger partial charge in [0.2, 0.25) is 5.91 Å². The molecule has 1 aromatic rings. The molecule has 0 radical (unpaired) electrons. The largest absolute Gasteiger partial charge is 0.396 e. The van der Waals surface area contributed by atoms with Gasteiger partial charge in [-0.1, -0.05) is 0 Å². The summed E-state index contributed by atoms with van der Waals surface area (Å²) in [5.74, 6) is 1.05. The fraction of sp³-hybridized carbons (Fsp3) is 0.611. The second-order valence-corrected chi connectivity index (χ2v) is 6.88. The average molecular weight is 344 g/mol. The number of fused-ring (bicyclic) bond motifs is 1. The zero-order chi connectivity index (χ0) is 17.9. The van der Waals surface area contributed by atoms with Gasteiger partial charge in [0.05, 0.1) is 17.6 Å². The van der Waals surface area contributed by atoms with Crippen molar-refractivity contribution in [2.45, 2.75) is 12.8 Å². The standard InChI is InChI=1S/C18H24N4O3/c1-21(6-2-7-23)17(24)18-5-8-25-12-15(18)11-22(13-18)16-4-3-14(9-19)10-20-16/h3-4,10,15,23H,2,5-8,11-13H2,1H3. The molecule has 0 bridgehead atoms. The van der Waals surface area contributed by atoms with Crippen molar-refractivity contribution in [1.82, 2.24) is 9.88 Å². The van der Waals surface area contributed by atoms with Crippen LogP contribution in [0.25, 0.3) is 0 Å². The van der Waals surface area contributed by atoms with Crippen molar-refractivity contribution >= 4 is 11.7 Å². The highest BCUT2D eigenvalue weighted by molar-refractivity contribution is 5.84. The Bertz CT molecular complexity index is 657. The number of hydrogen-bond donors (Lipinski definition) is 1. The van der Waals surface area contributed by atoms with Gasteiger partial charge in [-0.3, -0.25) is 4.79 Å². The van der Waals surface area contributed by atoms with Crippen LogP contribution in [-0.4, -0.2) is 67.4 Å². The lowest BCUT2D eigenvalue weighted by Crippen LogP contribution is -2.51. The second-order valence-electron chi connectivity index (χ2n) is 6.88. The number of nitrogens with zero attached hydrogens (tertiary/aromatic N) is 4. The van der Waals surface area contributed by atoms with Gasteiger partial charge in [-0.05, 0) is 25.0 Å². The summed E-state index contributed by atoms with van der Waals surface area (Å²) < 4.78 is 5.64. The summed E-state index contributed by atoms with van der Waals surface area (Å²) in [5, 5.41) is 17.9. The lowest BCUT2D eigenvalue weighted by molar-refractivity contribution is -0.149. The van der Waals surface area contributed by atoms with Crippen molar-refractivity contribution in [1.29, 1.82) is 5.26 Å². The van der Waals surface area contributed by atoms with E-state index >= 15 is 0 Å². The minimum absolute atomic E-state index is 0.0818. The van der Waals surface area contributed by atoms with Crippen molar-refractivity contribution in [2.75, 3.05) is 51.4 Å². The Balaban J connectivity index is 1.81. The number of carbonyl (C=O) groups is 1. The van der Waals surface area contributed by atoms with Crippen LogP contribution in [-0.2, 0) is 9.53 Å². The third-order valence-electron chi connectivity index (χ3n) is 5.33. The molecule has 2 aliphatic rings. The highest BCUT2D eigenvalue weighted by Crippen LogP contribution is 2.44. The van der Waals surface area contributed by atoms with Crippen LogP contribution in [0.4, 0.5) is 5.82 Å². The smallest absolute Gasteiger partial charge is 0.230 e. The van der Waals surface area contributed by atoms with E-state index in [9.17, 15) is 4.79 Å².